The summed E-state index contributed by atoms with van der Waals surface area (Å²) in [6, 6.07) is -1.21. The zero-order valence-corrected chi connectivity index (χ0v) is 32.9. The first-order chi connectivity index (χ1) is 26.0. The van der Waals surface area contributed by atoms with E-state index in [-0.39, 0.29) is 17.7 Å². The minimum atomic E-state index is -1.23. The highest BCUT2D eigenvalue weighted by Gasteiger charge is 2.25. The van der Waals surface area contributed by atoms with Crippen LogP contribution in [-0.4, -0.2) is 179 Å². The van der Waals surface area contributed by atoms with Crippen LogP contribution in [0.5, 0.6) is 0 Å². The maximum Gasteiger partial charge on any atom is 0.321 e. The summed E-state index contributed by atoms with van der Waals surface area (Å²) < 4.78 is 51.0. The van der Waals surface area contributed by atoms with Gasteiger partial charge in [-0.05, 0) is 11.8 Å². The summed E-state index contributed by atoms with van der Waals surface area (Å²) in [5.74, 6) is -3.08. The zero-order valence-electron chi connectivity index (χ0n) is 32.1. The van der Waals surface area contributed by atoms with Gasteiger partial charge in [-0.3, -0.25) is 14.4 Å². The second-order valence-corrected chi connectivity index (χ2v) is 14.1. The Hall–Kier alpha value is -2.50. The van der Waals surface area contributed by atoms with Gasteiger partial charge in [-0.25, -0.2) is 4.68 Å². The number of rotatable bonds is 38. The van der Waals surface area contributed by atoms with Crippen molar-refractivity contribution in [1.29, 1.82) is 0 Å². The van der Waals surface area contributed by atoms with Crippen molar-refractivity contribution in [2.45, 2.75) is 58.0 Å². The molecule has 1 heterocycles. The number of nitrogens with two attached hydrogens (primary N) is 1. The van der Waals surface area contributed by atoms with Crippen LogP contribution in [0.25, 0.3) is 0 Å². The summed E-state index contributed by atoms with van der Waals surface area (Å²) in [6.07, 6.45) is 2.19. The minimum absolute atomic E-state index is 0.0265. The number of thioether (sulfide) groups is 1. The Labute approximate surface area is 322 Å². The quantitative estimate of drug-likeness (QED) is 0.0665. The smallest absolute Gasteiger partial charge is 0.321 e. The molecular weight excluding hydrogens is 734 g/mol. The lowest BCUT2D eigenvalue weighted by molar-refractivity contribution is -0.138. The predicted octanol–water partition coefficient (Wildman–Crippen LogP) is 0.468. The summed E-state index contributed by atoms with van der Waals surface area (Å²) in [6.45, 7) is 15.9. The van der Waals surface area contributed by atoms with Gasteiger partial charge in [0, 0.05) is 12.4 Å². The molecule has 0 spiro atoms. The fraction of sp³-hybridized carbons (Fsp3) is 0.853. The van der Waals surface area contributed by atoms with E-state index in [0.717, 1.165) is 24.8 Å². The SMILES string of the molecule is CC(C)(C)CCOCCOCCOCCOCCOCCOCCOCCOCCOCCn1cc(CNC(=O)C(CC(=O)O)SCC(N)C(=O)O)nn1. The summed E-state index contributed by atoms with van der Waals surface area (Å²) in [5, 5.41) is 27.5. The lowest BCUT2D eigenvalue weighted by Gasteiger charge is -2.17. The van der Waals surface area contributed by atoms with Crippen LogP contribution in [0.2, 0.25) is 0 Å². The second kappa shape index (κ2) is 32.7. The van der Waals surface area contributed by atoms with Gasteiger partial charge in [0.1, 0.15) is 11.7 Å². The van der Waals surface area contributed by atoms with Crippen molar-refractivity contribution in [2.24, 2.45) is 11.1 Å². The van der Waals surface area contributed by atoms with Crippen molar-refractivity contribution >= 4 is 29.6 Å². The van der Waals surface area contributed by atoms with Crippen molar-refractivity contribution in [3.05, 3.63) is 11.9 Å². The molecule has 1 amide bonds. The van der Waals surface area contributed by atoms with E-state index >= 15 is 0 Å². The number of hydrogen-bond acceptors (Lipinski definition) is 16. The van der Waals surface area contributed by atoms with E-state index in [1.54, 1.807) is 10.9 Å². The molecule has 2 unspecified atom stereocenters. The monoisotopic (exact) mass is 797 g/mol. The average molecular weight is 798 g/mol. The number of aliphatic carboxylic acids is 2. The van der Waals surface area contributed by atoms with Gasteiger partial charge in [0.25, 0.3) is 0 Å². The molecule has 1 rings (SSSR count). The van der Waals surface area contributed by atoms with Crippen LogP contribution < -0.4 is 11.1 Å². The first-order valence-corrected chi connectivity index (χ1v) is 19.2. The average Bonchev–Trinajstić information content (AvgIpc) is 3.58. The molecule has 5 N–H and O–H groups in total. The number of hydrogen-bond donors (Lipinski definition) is 4. The van der Waals surface area contributed by atoms with Gasteiger partial charge in [-0.15, -0.1) is 16.9 Å². The van der Waals surface area contributed by atoms with Gasteiger partial charge in [-0.1, -0.05) is 26.0 Å². The lowest BCUT2D eigenvalue weighted by atomic mass is 9.93. The first kappa shape index (κ1) is 49.5. The molecular formula is C34H63N5O14S. The standard InChI is InChI=1S/C34H63N5O14S/c1-34(2,3)4-6-45-8-10-47-12-14-49-16-18-51-20-22-53-23-21-52-19-17-50-15-13-48-11-9-46-7-5-39-26-28(37-38-39)25-36-32(42)30(24-31(40)41)54-27-29(35)33(43)44/h26,29-30H,4-25,27,35H2,1-3H3,(H,36,42)(H,40,41)(H,43,44). The Morgan fingerprint density at radius 3 is 1.52 bits per heavy atom. The number of nitrogens with zero attached hydrogens (tertiary/aromatic N) is 3. The topological polar surface area (TPSA) is 244 Å². The summed E-state index contributed by atoms with van der Waals surface area (Å²) >= 11 is 0.876. The molecule has 0 aromatic carbocycles. The molecule has 1 aromatic rings. The van der Waals surface area contributed by atoms with Gasteiger partial charge >= 0.3 is 11.9 Å². The first-order valence-electron chi connectivity index (χ1n) is 18.2. The van der Waals surface area contributed by atoms with Crippen LogP contribution in [0.4, 0.5) is 0 Å². The largest absolute Gasteiger partial charge is 0.481 e. The van der Waals surface area contributed by atoms with Gasteiger partial charge in [0.15, 0.2) is 0 Å². The molecule has 19 nitrogen and oxygen atoms in total. The number of carbonyl (C=O) groups is 3. The highest BCUT2D eigenvalue weighted by atomic mass is 32.2. The highest BCUT2D eigenvalue weighted by molar-refractivity contribution is 8.00. The van der Waals surface area contributed by atoms with E-state index in [4.69, 9.17) is 58.6 Å². The zero-order chi connectivity index (χ0) is 39.7. The van der Waals surface area contributed by atoms with Crippen molar-refractivity contribution in [3.8, 4) is 0 Å². The van der Waals surface area contributed by atoms with Crippen molar-refractivity contribution < 1.29 is 67.2 Å². The number of amides is 1. The van der Waals surface area contributed by atoms with Crippen molar-refractivity contribution in [1.82, 2.24) is 20.3 Å². The minimum Gasteiger partial charge on any atom is -0.481 e. The van der Waals surface area contributed by atoms with Gasteiger partial charge < -0.3 is 63.9 Å². The molecule has 1 aromatic heterocycles. The van der Waals surface area contributed by atoms with Crippen LogP contribution in [-0.2, 0) is 70.1 Å². The third-order valence-electron chi connectivity index (χ3n) is 6.91. The van der Waals surface area contributed by atoms with E-state index in [2.05, 4.69) is 36.4 Å². The summed E-state index contributed by atoms with van der Waals surface area (Å²) in [7, 11) is 0. The number of aromatic nitrogens is 3. The molecule has 54 heavy (non-hydrogen) atoms. The van der Waals surface area contributed by atoms with Gasteiger partial charge in [-0.2, -0.15) is 0 Å². The maximum absolute atomic E-state index is 12.5. The molecule has 0 saturated heterocycles. The number of carboxylic acids is 2. The fourth-order valence-electron chi connectivity index (χ4n) is 3.90. The van der Waals surface area contributed by atoms with E-state index in [9.17, 15) is 14.4 Å². The van der Waals surface area contributed by atoms with Crippen LogP contribution >= 0.6 is 11.8 Å². The Bertz CT molecular complexity index is 1100. The Morgan fingerprint density at radius 1 is 0.722 bits per heavy atom. The predicted molar refractivity (Wildman–Crippen MR) is 197 cm³/mol. The Morgan fingerprint density at radius 2 is 1.13 bits per heavy atom. The maximum atomic E-state index is 12.5. The molecule has 0 fully saturated rings. The molecule has 2 atom stereocenters. The van der Waals surface area contributed by atoms with E-state index in [1.807, 2.05) is 0 Å². The van der Waals surface area contributed by atoms with E-state index in [0.29, 0.717) is 125 Å². The lowest BCUT2D eigenvalue weighted by Crippen LogP contribution is -2.37. The van der Waals surface area contributed by atoms with Crippen molar-refractivity contribution in [2.75, 3.05) is 125 Å². The van der Waals surface area contributed by atoms with E-state index < -0.39 is 35.6 Å². The number of ether oxygens (including phenoxy) is 9. The van der Waals surface area contributed by atoms with E-state index in [1.165, 1.54) is 0 Å². The summed E-state index contributed by atoms with van der Waals surface area (Å²) in [5.41, 5.74) is 6.21. The number of nitrogens with one attached hydrogen (secondary N) is 1. The van der Waals surface area contributed by atoms with Crippen LogP contribution in [0.15, 0.2) is 6.20 Å². The number of carboxylic acid groups (broad SMARTS) is 2. The molecule has 0 aliphatic carbocycles. The molecule has 0 saturated carbocycles. The molecule has 314 valence electrons. The van der Waals surface area contributed by atoms with Crippen molar-refractivity contribution in [3.63, 3.8) is 0 Å². The molecule has 0 aliphatic heterocycles. The molecule has 0 aliphatic rings. The second-order valence-electron chi connectivity index (χ2n) is 12.9. The van der Waals surface area contributed by atoms with Gasteiger partial charge in [0.05, 0.1) is 143 Å². The third-order valence-corrected chi connectivity index (χ3v) is 8.25. The van der Waals surface area contributed by atoms with Crippen LogP contribution in [0.3, 0.4) is 0 Å². The Kier molecular flexibility index (Phi) is 30.0. The molecule has 20 heteroatoms. The third kappa shape index (κ3) is 30.8. The van der Waals surface area contributed by atoms with Gasteiger partial charge in [0.2, 0.25) is 5.91 Å². The molecule has 0 bridgehead atoms. The normalized spacial score (nSPS) is 12.9. The van der Waals surface area contributed by atoms with Crippen LogP contribution in [0, 0.1) is 5.41 Å². The fourth-order valence-corrected chi connectivity index (χ4v) is 4.97. The molecule has 0 radical (unpaired) electrons. The Balaban J connectivity index is 1.85. The number of carbonyl (C=O) groups excluding carboxylic acids is 1. The van der Waals surface area contributed by atoms with Crippen LogP contribution in [0.1, 0.15) is 39.3 Å². The highest BCUT2D eigenvalue weighted by Crippen LogP contribution is 2.18. The summed E-state index contributed by atoms with van der Waals surface area (Å²) in [4.78, 5) is 34.5.